The summed E-state index contributed by atoms with van der Waals surface area (Å²) in [5.74, 6) is 0. The molecule has 0 aliphatic carbocycles. The summed E-state index contributed by atoms with van der Waals surface area (Å²) in [5.41, 5.74) is 2.08. The Labute approximate surface area is 126 Å². The largest absolute Gasteiger partial charge is 0.384 e. The lowest BCUT2D eigenvalue weighted by atomic mass is 10.1. The maximum Gasteiger partial charge on any atom is 0.278 e. The average molecular weight is 297 g/mol. The Morgan fingerprint density at radius 2 is 2.14 bits per heavy atom. The molecule has 0 atom stereocenters. The number of nitrogens with zero attached hydrogens (tertiary/aromatic N) is 4. The predicted molar refractivity (Wildman–Crippen MR) is 83.8 cm³/mol. The monoisotopic (exact) mass is 297 g/mol. The van der Waals surface area contributed by atoms with Crippen molar-refractivity contribution in [2.75, 3.05) is 11.9 Å². The molecule has 7 nitrogen and oxygen atoms in total. The van der Waals surface area contributed by atoms with Crippen LogP contribution in [0.15, 0.2) is 43.0 Å². The summed E-state index contributed by atoms with van der Waals surface area (Å²) >= 11 is 0. The topological polar surface area (TPSA) is 85.9 Å². The molecule has 0 bridgehead atoms. The summed E-state index contributed by atoms with van der Waals surface area (Å²) in [5, 5.41) is 19.9. The van der Waals surface area contributed by atoms with Gasteiger partial charge < -0.3 is 5.32 Å². The molecule has 0 aliphatic heterocycles. The van der Waals surface area contributed by atoms with Gasteiger partial charge in [0.1, 0.15) is 0 Å². The molecule has 0 saturated heterocycles. The summed E-state index contributed by atoms with van der Waals surface area (Å²) in [7, 11) is 1.88. The van der Waals surface area contributed by atoms with E-state index in [-0.39, 0.29) is 10.6 Å². The third-order valence-corrected chi connectivity index (χ3v) is 3.48. The number of aryl methyl sites for hydroxylation is 1. The number of anilines is 1. The van der Waals surface area contributed by atoms with E-state index in [1.807, 2.05) is 19.4 Å². The summed E-state index contributed by atoms with van der Waals surface area (Å²) in [6.45, 7) is 0.723. The molecule has 7 heteroatoms. The number of fused-ring (bicyclic) bond motifs is 1. The normalized spacial score (nSPS) is 10.8. The maximum absolute atomic E-state index is 11.1. The van der Waals surface area contributed by atoms with Crippen LogP contribution < -0.4 is 5.32 Å². The lowest BCUT2D eigenvalue weighted by Gasteiger charge is -2.09. The van der Waals surface area contributed by atoms with Crippen molar-refractivity contribution in [1.82, 2.24) is 14.8 Å². The maximum atomic E-state index is 11.1. The van der Waals surface area contributed by atoms with Crippen LogP contribution in [-0.2, 0) is 13.5 Å². The van der Waals surface area contributed by atoms with Crippen LogP contribution in [0.3, 0.4) is 0 Å². The van der Waals surface area contributed by atoms with Crippen molar-refractivity contribution in [3.8, 4) is 0 Å². The minimum absolute atomic E-state index is 0.0703. The minimum atomic E-state index is -0.385. The second-order valence-corrected chi connectivity index (χ2v) is 5.01. The number of rotatable bonds is 5. The van der Waals surface area contributed by atoms with Gasteiger partial charge in [0.2, 0.25) is 0 Å². The number of pyridine rings is 1. The van der Waals surface area contributed by atoms with Crippen LogP contribution >= 0.6 is 0 Å². The van der Waals surface area contributed by atoms with E-state index in [4.69, 9.17) is 0 Å². The molecule has 0 aliphatic rings. The van der Waals surface area contributed by atoms with Crippen molar-refractivity contribution in [2.45, 2.75) is 6.42 Å². The molecule has 1 aromatic carbocycles. The fraction of sp³-hybridized carbons (Fsp3) is 0.200. The number of hydrogen-bond donors (Lipinski definition) is 1. The van der Waals surface area contributed by atoms with Crippen molar-refractivity contribution in [3.05, 3.63) is 58.7 Å². The molecule has 0 unspecified atom stereocenters. The van der Waals surface area contributed by atoms with Crippen LogP contribution in [0, 0.1) is 10.1 Å². The van der Waals surface area contributed by atoms with E-state index in [9.17, 15) is 10.1 Å². The van der Waals surface area contributed by atoms with Gasteiger partial charge in [-0.15, -0.1) is 0 Å². The van der Waals surface area contributed by atoms with Gasteiger partial charge in [-0.25, -0.2) is 0 Å². The van der Waals surface area contributed by atoms with E-state index in [0.29, 0.717) is 5.39 Å². The van der Waals surface area contributed by atoms with Gasteiger partial charge in [-0.1, -0.05) is 0 Å². The summed E-state index contributed by atoms with van der Waals surface area (Å²) < 4.78 is 1.77. The molecule has 0 fully saturated rings. The first-order valence-electron chi connectivity index (χ1n) is 6.87. The van der Waals surface area contributed by atoms with Crippen molar-refractivity contribution in [1.29, 1.82) is 0 Å². The van der Waals surface area contributed by atoms with Crippen LogP contribution in [-0.4, -0.2) is 26.2 Å². The minimum Gasteiger partial charge on any atom is -0.384 e. The van der Waals surface area contributed by atoms with Gasteiger partial charge >= 0.3 is 0 Å². The van der Waals surface area contributed by atoms with Crippen molar-refractivity contribution < 1.29 is 4.92 Å². The first-order chi connectivity index (χ1) is 10.6. The predicted octanol–water partition coefficient (Wildman–Crippen LogP) is 2.53. The highest BCUT2D eigenvalue weighted by Gasteiger charge is 2.14. The van der Waals surface area contributed by atoms with Gasteiger partial charge in [0, 0.05) is 49.3 Å². The highest BCUT2D eigenvalue weighted by molar-refractivity contribution is 5.99. The van der Waals surface area contributed by atoms with E-state index >= 15 is 0 Å². The number of nitrogens with one attached hydrogen (secondary N) is 1. The van der Waals surface area contributed by atoms with Crippen LogP contribution in [0.25, 0.3) is 10.8 Å². The van der Waals surface area contributed by atoms with E-state index in [0.717, 1.165) is 29.6 Å². The van der Waals surface area contributed by atoms with Gasteiger partial charge in [-0.05, 0) is 24.1 Å². The van der Waals surface area contributed by atoms with Gasteiger partial charge in [-0.2, -0.15) is 5.10 Å². The smallest absolute Gasteiger partial charge is 0.278 e. The molecular weight excluding hydrogens is 282 g/mol. The van der Waals surface area contributed by atoms with Gasteiger partial charge in [0.25, 0.3) is 5.69 Å². The first-order valence-corrected chi connectivity index (χ1v) is 6.87. The zero-order valence-electron chi connectivity index (χ0n) is 12.1. The number of non-ortho nitro benzene ring substituents is 1. The summed E-state index contributed by atoms with van der Waals surface area (Å²) in [6, 6.07) is 5.04. The summed E-state index contributed by atoms with van der Waals surface area (Å²) in [6.07, 6.45) is 7.80. The Hall–Kier alpha value is -2.96. The first kappa shape index (κ1) is 14.0. The zero-order valence-corrected chi connectivity index (χ0v) is 12.1. The van der Waals surface area contributed by atoms with Gasteiger partial charge in [0.05, 0.1) is 16.5 Å². The van der Waals surface area contributed by atoms with Crippen LogP contribution in [0.5, 0.6) is 0 Å². The number of nitro benzene ring substituents is 1. The average Bonchev–Trinajstić information content (AvgIpc) is 2.92. The molecule has 2 aromatic heterocycles. The lowest BCUT2D eigenvalue weighted by molar-refractivity contribution is -0.383. The van der Waals surface area contributed by atoms with Gasteiger partial charge in [-0.3, -0.25) is 19.8 Å². The Balaban J connectivity index is 1.82. The highest BCUT2D eigenvalue weighted by Crippen LogP contribution is 2.30. The number of benzene rings is 1. The molecule has 0 amide bonds. The van der Waals surface area contributed by atoms with E-state index in [1.165, 1.54) is 12.3 Å². The molecule has 0 radical (unpaired) electrons. The van der Waals surface area contributed by atoms with Crippen molar-refractivity contribution in [2.24, 2.45) is 7.05 Å². The lowest BCUT2D eigenvalue weighted by Crippen LogP contribution is -2.05. The Morgan fingerprint density at radius 3 is 2.86 bits per heavy atom. The highest BCUT2D eigenvalue weighted by atomic mass is 16.6. The van der Waals surface area contributed by atoms with Crippen molar-refractivity contribution >= 4 is 22.1 Å². The second kappa shape index (κ2) is 5.80. The van der Waals surface area contributed by atoms with Crippen LogP contribution in [0.1, 0.15) is 5.56 Å². The fourth-order valence-corrected chi connectivity index (χ4v) is 2.43. The number of aromatic nitrogens is 3. The Morgan fingerprint density at radius 1 is 1.27 bits per heavy atom. The molecule has 2 heterocycles. The molecule has 3 rings (SSSR count). The SMILES string of the molecule is Cn1cc(CCNc2ccc([N+](=O)[O-])c3cnccc23)cn1. The molecule has 22 heavy (non-hydrogen) atoms. The molecule has 0 spiro atoms. The Kier molecular flexibility index (Phi) is 3.69. The fourth-order valence-electron chi connectivity index (χ4n) is 2.43. The zero-order chi connectivity index (χ0) is 15.5. The van der Waals surface area contributed by atoms with Crippen LogP contribution in [0.2, 0.25) is 0 Å². The molecule has 112 valence electrons. The number of hydrogen-bond acceptors (Lipinski definition) is 5. The van der Waals surface area contributed by atoms with Crippen molar-refractivity contribution in [3.63, 3.8) is 0 Å². The third kappa shape index (κ3) is 2.73. The molecule has 0 saturated carbocycles. The van der Waals surface area contributed by atoms with E-state index in [2.05, 4.69) is 15.4 Å². The standard InChI is InChI=1S/C15H15N5O2/c1-19-10-11(8-18-19)4-7-17-14-2-3-15(20(21)22)13-9-16-6-5-12(13)14/h2-3,5-6,8-10,17H,4,7H2,1H3. The summed E-state index contributed by atoms with van der Waals surface area (Å²) in [4.78, 5) is 14.7. The third-order valence-electron chi connectivity index (χ3n) is 3.48. The van der Waals surface area contributed by atoms with E-state index < -0.39 is 0 Å². The van der Waals surface area contributed by atoms with E-state index in [1.54, 1.807) is 23.0 Å². The quantitative estimate of drug-likeness (QED) is 0.577. The van der Waals surface area contributed by atoms with Crippen LogP contribution in [0.4, 0.5) is 11.4 Å². The molecule has 3 aromatic rings. The van der Waals surface area contributed by atoms with Gasteiger partial charge in [0.15, 0.2) is 0 Å². The molecule has 1 N–H and O–H groups in total. The second-order valence-electron chi connectivity index (χ2n) is 5.01. The Bertz CT molecular complexity index is 828. The molecular formula is C15H15N5O2. The number of nitro groups is 1.